The van der Waals surface area contributed by atoms with Crippen molar-refractivity contribution in [3.05, 3.63) is 0 Å². The molecule has 0 amide bonds. The topological polar surface area (TPSA) is 86.2 Å². The molecular weight excluding hydrogens is 254 g/mol. The fourth-order valence-corrected chi connectivity index (χ4v) is 2.19. The van der Waals surface area contributed by atoms with Crippen molar-refractivity contribution in [2.24, 2.45) is 31.2 Å². The maximum Gasteiger partial charge on any atom is 0.0621 e. The van der Waals surface area contributed by atoms with Crippen LogP contribution in [0.15, 0.2) is 31.2 Å². The van der Waals surface area contributed by atoms with Gasteiger partial charge in [-0.05, 0) is 33.7 Å². The Labute approximate surface area is 121 Å². The van der Waals surface area contributed by atoms with Crippen molar-refractivity contribution in [1.82, 2.24) is 5.43 Å². The third kappa shape index (κ3) is 11.7. The fourth-order valence-electron chi connectivity index (χ4n) is 2.19. The third-order valence-electron chi connectivity index (χ3n) is 3.35. The molecule has 0 fully saturated rings. The molecule has 0 atom stereocenters. The molecule has 0 aromatic heterocycles. The van der Waals surface area contributed by atoms with E-state index in [1.54, 1.807) is 0 Å². The second kappa shape index (κ2) is 14.0. The zero-order valence-corrected chi connectivity index (χ0v) is 12.4. The maximum atomic E-state index is 3.90. The minimum atomic E-state index is 0.717. The predicted octanol–water partition coefficient (Wildman–Crippen LogP) is 4.98. The first kappa shape index (κ1) is 16.7. The van der Waals surface area contributed by atoms with Crippen LogP contribution in [0.1, 0.15) is 70.6 Å². The summed E-state index contributed by atoms with van der Waals surface area (Å²) < 4.78 is 0. The average molecular weight is 281 g/mol. The Morgan fingerprint density at radius 2 is 1.05 bits per heavy atom. The first-order chi connectivity index (χ1) is 10.0. The largest absolute Gasteiger partial charge is 0.290 e. The second-order valence-corrected chi connectivity index (χ2v) is 5.12. The summed E-state index contributed by atoms with van der Waals surface area (Å²) >= 11 is 0. The number of nitrogens with zero attached hydrogens (tertiary/aromatic N) is 6. The highest BCUT2D eigenvalue weighted by Crippen LogP contribution is 2.11. The van der Waals surface area contributed by atoms with Crippen LogP contribution >= 0.6 is 0 Å². The summed E-state index contributed by atoms with van der Waals surface area (Å²) in [5, 5.41) is 21.5. The first-order valence-electron chi connectivity index (χ1n) is 7.89. The highest BCUT2D eigenvalue weighted by molar-refractivity contribution is 4.50. The van der Waals surface area contributed by atoms with Crippen molar-refractivity contribution >= 4 is 0 Å². The lowest BCUT2D eigenvalue weighted by atomic mass is 10.1. The van der Waals surface area contributed by atoms with E-state index in [4.69, 9.17) is 0 Å². The standard InChI is InChI=1S/C13H27N7/c1-2-4-6-8-10-12-14-16-18-20-19-17-15-13-11-9-7-5-3-1/h1-13H2,(H,14,15,18,19). The molecule has 0 saturated carbocycles. The van der Waals surface area contributed by atoms with Crippen LogP contribution in [0.2, 0.25) is 0 Å². The van der Waals surface area contributed by atoms with Crippen LogP contribution < -0.4 is 5.43 Å². The summed E-state index contributed by atoms with van der Waals surface area (Å²) in [4.78, 5) is 0. The Morgan fingerprint density at radius 1 is 0.500 bits per heavy atom. The van der Waals surface area contributed by atoms with Gasteiger partial charge in [-0.15, -0.1) is 0 Å². The van der Waals surface area contributed by atoms with Crippen LogP contribution in [0.4, 0.5) is 0 Å². The van der Waals surface area contributed by atoms with Gasteiger partial charge in [0.25, 0.3) is 0 Å². The van der Waals surface area contributed by atoms with E-state index in [9.17, 15) is 0 Å². The normalized spacial score (nSPS) is 26.0. The Morgan fingerprint density at radius 3 is 1.75 bits per heavy atom. The Balaban J connectivity index is 2.18. The molecule has 0 saturated heterocycles. The van der Waals surface area contributed by atoms with E-state index in [1.165, 1.54) is 57.8 Å². The molecule has 1 heterocycles. The van der Waals surface area contributed by atoms with Crippen molar-refractivity contribution in [3.8, 4) is 0 Å². The summed E-state index contributed by atoms with van der Waals surface area (Å²) in [7, 11) is 0. The third-order valence-corrected chi connectivity index (χ3v) is 3.35. The Hall–Kier alpha value is -1.40. The molecule has 0 aromatic rings. The van der Waals surface area contributed by atoms with Gasteiger partial charge >= 0.3 is 0 Å². The quantitative estimate of drug-likeness (QED) is 0.666. The van der Waals surface area contributed by atoms with Gasteiger partial charge in [0.15, 0.2) is 0 Å². The van der Waals surface area contributed by atoms with Crippen molar-refractivity contribution in [1.29, 1.82) is 0 Å². The summed E-state index contributed by atoms with van der Waals surface area (Å²) in [6, 6.07) is 0. The lowest BCUT2D eigenvalue weighted by Crippen LogP contribution is -2.05. The zero-order valence-electron chi connectivity index (χ0n) is 12.4. The van der Waals surface area contributed by atoms with E-state index >= 15 is 0 Å². The van der Waals surface area contributed by atoms with Crippen LogP contribution in [0.3, 0.4) is 0 Å². The second-order valence-electron chi connectivity index (χ2n) is 5.12. The van der Waals surface area contributed by atoms with Gasteiger partial charge < -0.3 is 0 Å². The highest BCUT2D eigenvalue weighted by Gasteiger charge is 1.93. The molecule has 7 nitrogen and oxygen atoms in total. The van der Waals surface area contributed by atoms with Crippen LogP contribution in [0, 0.1) is 0 Å². The van der Waals surface area contributed by atoms with Gasteiger partial charge in [-0.2, -0.15) is 5.11 Å². The van der Waals surface area contributed by atoms with E-state index < -0.39 is 0 Å². The number of nitrogens with one attached hydrogen (secondary N) is 1. The van der Waals surface area contributed by atoms with Crippen LogP contribution in [-0.2, 0) is 0 Å². The van der Waals surface area contributed by atoms with E-state index in [1.807, 2.05) is 0 Å². The van der Waals surface area contributed by atoms with Crippen molar-refractivity contribution in [2.75, 3.05) is 13.1 Å². The SMILES string of the molecule is C1CCCCCC/N=N/N=N\N=N\NCCCCCC1. The smallest absolute Gasteiger partial charge is 0.0621 e. The molecule has 1 aliphatic rings. The van der Waals surface area contributed by atoms with Gasteiger partial charge in [0, 0.05) is 6.54 Å². The van der Waals surface area contributed by atoms with Crippen LogP contribution in [-0.4, -0.2) is 13.1 Å². The van der Waals surface area contributed by atoms with Gasteiger partial charge in [-0.3, -0.25) is 5.43 Å². The Kier molecular flexibility index (Phi) is 11.7. The maximum absolute atomic E-state index is 3.90. The van der Waals surface area contributed by atoms with Crippen LogP contribution in [0.25, 0.3) is 0 Å². The van der Waals surface area contributed by atoms with Gasteiger partial charge in [0.2, 0.25) is 0 Å². The molecule has 0 unspecified atom stereocenters. The molecule has 7 heteroatoms. The molecule has 1 aliphatic heterocycles. The molecule has 1 N–H and O–H groups in total. The van der Waals surface area contributed by atoms with Crippen molar-refractivity contribution < 1.29 is 0 Å². The molecule has 1 rings (SSSR count). The summed E-state index contributed by atoms with van der Waals surface area (Å²) in [5.41, 5.74) is 2.84. The van der Waals surface area contributed by atoms with Gasteiger partial charge in [-0.1, -0.05) is 63.0 Å². The number of rotatable bonds is 0. The van der Waals surface area contributed by atoms with E-state index in [2.05, 4.69) is 36.7 Å². The lowest BCUT2D eigenvalue weighted by Gasteiger charge is -2.02. The minimum Gasteiger partial charge on any atom is -0.290 e. The molecule has 0 radical (unpaired) electrons. The Bertz CT molecular complexity index is 260. The van der Waals surface area contributed by atoms with Crippen LogP contribution in [0.5, 0.6) is 0 Å². The van der Waals surface area contributed by atoms with Gasteiger partial charge in [-0.25, -0.2) is 0 Å². The fraction of sp³-hybridized carbons (Fsp3) is 1.00. The summed E-state index contributed by atoms with van der Waals surface area (Å²) in [6.07, 6.45) is 14.1. The average Bonchev–Trinajstić information content (AvgIpc) is 2.46. The zero-order chi connectivity index (χ0) is 14.1. The van der Waals surface area contributed by atoms with Crippen molar-refractivity contribution in [2.45, 2.75) is 70.6 Å². The van der Waals surface area contributed by atoms with E-state index in [0.717, 1.165) is 19.4 Å². The number of hydrogen-bond acceptors (Lipinski definition) is 7. The molecule has 0 aromatic carbocycles. The highest BCUT2D eigenvalue weighted by atomic mass is 15.6. The molecule has 0 aliphatic carbocycles. The summed E-state index contributed by atoms with van der Waals surface area (Å²) in [6.45, 7) is 1.55. The van der Waals surface area contributed by atoms with E-state index in [-0.39, 0.29) is 0 Å². The minimum absolute atomic E-state index is 0.717. The van der Waals surface area contributed by atoms with Gasteiger partial charge in [0.1, 0.15) is 0 Å². The first-order valence-corrected chi connectivity index (χ1v) is 7.89. The van der Waals surface area contributed by atoms with Crippen molar-refractivity contribution in [3.63, 3.8) is 0 Å². The lowest BCUT2D eigenvalue weighted by molar-refractivity contribution is 0.534. The predicted molar refractivity (Wildman–Crippen MR) is 78.2 cm³/mol. The summed E-state index contributed by atoms with van der Waals surface area (Å²) in [5.74, 6) is 0. The van der Waals surface area contributed by atoms with Gasteiger partial charge in [0.05, 0.1) is 6.54 Å². The molecule has 0 spiro atoms. The molecular formula is C13H27N7. The molecule has 20 heavy (non-hydrogen) atoms. The molecule has 114 valence electrons. The monoisotopic (exact) mass is 281 g/mol. The molecule has 0 bridgehead atoms. The number of hydrogen-bond donors (Lipinski definition) is 1. The van der Waals surface area contributed by atoms with E-state index in [0.29, 0.717) is 6.54 Å².